The molecule has 0 atom stereocenters. The first-order valence-electron chi connectivity index (χ1n) is 15.7. The van der Waals surface area contributed by atoms with Gasteiger partial charge >= 0.3 is 0 Å². The van der Waals surface area contributed by atoms with Crippen molar-refractivity contribution >= 4 is 34.3 Å². The first kappa shape index (κ1) is 28.4. The number of hydrogen-bond donors (Lipinski definition) is 1. The third-order valence-corrected chi connectivity index (χ3v) is 9.37. The number of benzene rings is 1. The second-order valence-electron chi connectivity index (χ2n) is 12.2. The molecule has 1 aromatic carbocycles. The van der Waals surface area contributed by atoms with Crippen LogP contribution in [-0.4, -0.2) is 76.1 Å². The quantitative estimate of drug-likeness (QED) is 0.356. The number of aryl methyl sites for hydroxylation is 1. The molecule has 9 nitrogen and oxygen atoms in total. The van der Waals surface area contributed by atoms with Crippen LogP contribution in [0.1, 0.15) is 44.9 Å². The van der Waals surface area contributed by atoms with Crippen LogP contribution in [0.25, 0.3) is 11.0 Å². The highest BCUT2D eigenvalue weighted by Gasteiger charge is 2.29. The van der Waals surface area contributed by atoms with Crippen molar-refractivity contribution in [1.29, 1.82) is 0 Å². The highest BCUT2D eigenvalue weighted by molar-refractivity contribution is 5.87. The van der Waals surface area contributed by atoms with Gasteiger partial charge in [0.15, 0.2) is 0 Å². The van der Waals surface area contributed by atoms with E-state index >= 15 is 0 Å². The summed E-state index contributed by atoms with van der Waals surface area (Å²) < 4.78 is 1.72. The molecular formula is C33H43N7O2. The summed E-state index contributed by atoms with van der Waals surface area (Å²) in [6.07, 6.45) is 12.4. The van der Waals surface area contributed by atoms with Gasteiger partial charge in [0.05, 0.1) is 0 Å². The smallest absolute Gasteiger partial charge is 0.252 e. The Morgan fingerprint density at radius 3 is 2.40 bits per heavy atom. The molecule has 1 N–H and O–H groups in total. The van der Waals surface area contributed by atoms with Crippen molar-refractivity contribution in [2.45, 2.75) is 51.5 Å². The van der Waals surface area contributed by atoms with Crippen LogP contribution < -0.4 is 15.8 Å². The van der Waals surface area contributed by atoms with E-state index in [-0.39, 0.29) is 11.5 Å². The first-order chi connectivity index (χ1) is 20.6. The number of anilines is 3. The molecule has 222 valence electrons. The number of nitrogens with one attached hydrogen (secondary N) is 1. The number of likely N-dealkylation sites (tertiary alicyclic amines) is 1. The van der Waals surface area contributed by atoms with Crippen LogP contribution in [0, 0.1) is 11.8 Å². The molecule has 2 saturated heterocycles. The van der Waals surface area contributed by atoms with Gasteiger partial charge in [-0.3, -0.25) is 19.1 Å². The third kappa shape index (κ3) is 6.67. The van der Waals surface area contributed by atoms with E-state index in [9.17, 15) is 9.59 Å². The van der Waals surface area contributed by atoms with Crippen LogP contribution in [-0.2, 0) is 11.3 Å². The summed E-state index contributed by atoms with van der Waals surface area (Å²) in [6.45, 7) is 11.1. The second kappa shape index (κ2) is 13.1. The Balaban J connectivity index is 1.03. The number of carbonyl (C=O) groups is 1. The molecule has 0 unspecified atom stereocenters. The molecule has 1 amide bonds. The predicted octanol–water partition coefficient (Wildman–Crippen LogP) is 4.66. The number of pyridine rings is 1. The van der Waals surface area contributed by atoms with E-state index in [2.05, 4.69) is 50.9 Å². The van der Waals surface area contributed by atoms with E-state index in [1.54, 1.807) is 27.8 Å². The Bertz CT molecular complexity index is 1430. The van der Waals surface area contributed by atoms with Gasteiger partial charge in [0.2, 0.25) is 11.9 Å². The van der Waals surface area contributed by atoms with Gasteiger partial charge in [-0.05, 0) is 67.6 Å². The van der Waals surface area contributed by atoms with Crippen molar-refractivity contribution in [1.82, 2.24) is 24.3 Å². The van der Waals surface area contributed by atoms with Crippen LogP contribution in [0.5, 0.6) is 0 Å². The van der Waals surface area contributed by atoms with Crippen LogP contribution in [0.2, 0.25) is 0 Å². The number of piperazine rings is 1. The third-order valence-electron chi connectivity index (χ3n) is 9.37. The number of carbonyl (C=O) groups excluding carboxylic acids is 1. The van der Waals surface area contributed by atoms with E-state index in [4.69, 9.17) is 4.98 Å². The zero-order valence-electron chi connectivity index (χ0n) is 24.6. The van der Waals surface area contributed by atoms with Gasteiger partial charge in [-0.1, -0.05) is 38.7 Å². The Morgan fingerprint density at radius 2 is 1.67 bits per heavy atom. The minimum atomic E-state index is -0.0797. The molecule has 3 aliphatic rings. The number of fused-ring (bicyclic) bond motifs is 1. The molecule has 2 aliphatic heterocycles. The molecule has 2 aromatic heterocycles. The minimum Gasteiger partial charge on any atom is -0.369 e. The van der Waals surface area contributed by atoms with E-state index in [1.165, 1.54) is 56.8 Å². The highest BCUT2D eigenvalue weighted by Crippen LogP contribution is 2.27. The molecule has 4 heterocycles. The molecule has 0 spiro atoms. The summed E-state index contributed by atoms with van der Waals surface area (Å²) in [5.74, 6) is 1.75. The second-order valence-corrected chi connectivity index (χ2v) is 12.2. The summed E-state index contributed by atoms with van der Waals surface area (Å²) in [7, 11) is 0. The lowest BCUT2D eigenvalue weighted by Crippen LogP contribution is -2.49. The summed E-state index contributed by atoms with van der Waals surface area (Å²) in [6, 6.07) is 11.8. The standard InChI is InChI=1S/C33H43N7O2/c1-2-30(41)39-23-26(24-39)15-17-40-31(42)13-8-27-22-34-33(36-32(27)40)35-28-9-11-29(12-10-28)38-20-18-37(19-21-38)16-14-25-6-4-3-5-7-25/h2,8-13,22,25-26H,1,3-7,14-21,23-24H2,(H,34,35,36). The lowest BCUT2D eigenvalue weighted by molar-refractivity contribution is -0.132. The molecule has 9 heteroatoms. The minimum absolute atomic E-state index is 0.0345. The molecule has 0 radical (unpaired) electrons. The maximum Gasteiger partial charge on any atom is 0.252 e. The first-order valence-corrected chi connectivity index (χ1v) is 15.7. The molecule has 6 rings (SSSR count). The number of rotatable bonds is 10. The number of nitrogens with zero attached hydrogens (tertiary/aromatic N) is 6. The van der Waals surface area contributed by atoms with Gasteiger partial charge in [-0.2, -0.15) is 4.98 Å². The van der Waals surface area contributed by atoms with E-state index in [0.29, 0.717) is 37.1 Å². The molecule has 3 fully saturated rings. The average molecular weight is 570 g/mol. The molecule has 1 aliphatic carbocycles. The highest BCUT2D eigenvalue weighted by atomic mass is 16.2. The number of amides is 1. The van der Waals surface area contributed by atoms with Crippen molar-refractivity contribution in [3.63, 3.8) is 0 Å². The topological polar surface area (TPSA) is 86.6 Å². The van der Waals surface area contributed by atoms with Crippen molar-refractivity contribution in [3.05, 3.63) is 65.6 Å². The van der Waals surface area contributed by atoms with Gasteiger partial charge in [0.25, 0.3) is 5.56 Å². The average Bonchev–Trinajstić information content (AvgIpc) is 3.01. The molecular weight excluding hydrogens is 526 g/mol. The Kier molecular flexibility index (Phi) is 8.84. The Morgan fingerprint density at radius 1 is 0.929 bits per heavy atom. The van der Waals surface area contributed by atoms with Gasteiger partial charge < -0.3 is 15.1 Å². The van der Waals surface area contributed by atoms with E-state index in [1.807, 2.05) is 0 Å². The van der Waals surface area contributed by atoms with Crippen LogP contribution in [0.4, 0.5) is 17.3 Å². The van der Waals surface area contributed by atoms with Gasteiger partial charge in [0.1, 0.15) is 5.65 Å². The largest absolute Gasteiger partial charge is 0.369 e. The monoisotopic (exact) mass is 569 g/mol. The van der Waals surface area contributed by atoms with Gasteiger partial charge in [-0.25, -0.2) is 4.98 Å². The number of aromatic nitrogens is 3. The molecule has 42 heavy (non-hydrogen) atoms. The van der Waals surface area contributed by atoms with Crippen molar-refractivity contribution in [3.8, 4) is 0 Å². The maximum absolute atomic E-state index is 12.8. The maximum atomic E-state index is 12.8. The zero-order valence-corrected chi connectivity index (χ0v) is 24.6. The van der Waals surface area contributed by atoms with E-state index in [0.717, 1.165) is 49.6 Å². The summed E-state index contributed by atoms with van der Waals surface area (Å²) >= 11 is 0. The fourth-order valence-corrected chi connectivity index (χ4v) is 6.68. The fraction of sp³-hybridized carbons (Fsp3) is 0.515. The van der Waals surface area contributed by atoms with Crippen molar-refractivity contribution in [2.24, 2.45) is 11.8 Å². The molecule has 3 aromatic rings. The lowest BCUT2D eigenvalue weighted by Gasteiger charge is -2.38. The van der Waals surface area contributed by atoms with Crippen LogP contribution >= 0.6 is 0 Å². The Labute approximate surface area is 248 Å². The summed E-state index contributed by atoms with van der Waals surface area (Å²) in [4.78, 5) is 40.6. The van der Waals surface area contributed by atoms with E-state index < -0.39 is 0 Å². The van der Waals surface area contributed by atoms with Gasteiger partial charge in [-0.15, -0.1) is 0 Å². The lowest BCUT2D eigenvalue weighted by atomic mass is 9.87. The zero-order chi connectivity index (χ0) is 28.9. The van der Waals surface area contributed by atoms with Crippen LogP contribution in [0.15, 0.2) is 60.0 Å². The van der Waals surface area contributed by atoms with Crippen LogP contribution in [0.3, 0.4) is 0 Å². The molecule has 1 saturated carbocycles. The van der Waals surface area contributed by atoms with Crippen molar-refractivity contribution < 1.29 is 4.79 Å². The molecule has 0 bridgehead atoms. The number of hydrogen-bond acceptors (Lipinski definition) is 7. The fourth-order valence-electron chi connectivity index (χ4n) is 6.68. The normalized spacial score (nSPS) is 18.7. The predicted molar refractivity (Wildman–Crippen MR) is 168 cm³/mol. The summed E-state index contributed by atoms with van der Waals surface area (Å²) in [5, 5.41) is 4.15. The summed E-state index contributed by atoms with van der Waals surface area (Å²) in [5.41, 5.74) is 2.70. The SMILES string of the molecule is C=CC(=O)N1CC(CCn2c(=O)ccc3cnc(Nc4ccc(N5CCN(CCC6CCCCC6)CC5)cc4)nc32)C1. The Hall–Kier alpha value is -3.72. The van der Waals surface area contributed by atoms with Gasteiger partial charge in [0, 0.05) is 74.8 Å². The van der Waals surface area contributed by atoms with Crippen molar-refractivity contribution in [2.75, 3.05) is 56.0 Å².